The van der Waals surface area contributed by atoms with Crippen molar-refractivity contribution >= 4 is 17.5 Å². The van der Waals surface area contributed by atoms with Gasteiger partial charge in [-0.3, -0.25) is 9.59 Å². The van der Waals surface area contributed by atoms with Crippen LogP contribution in [0.4, 0.5) is 5.69 Å². The zero-order chi connectivity index (χ0) is 17.7. The largest absolute Gasteiger partial charge is 0.393 e. The Morgan fingerprint density at radius 2 is 1.96 bits per heavy atom. The van der Waals surface area contributed by atoms with E-state index in [-0.39, 0.29) is 29.8 Å². The predicted molar refractivity (Wildman–Crippen MR) is 94.8 cm³/mol. The van der Waals surface area contributed by atoms with E-state index in [1.165, 1.54) is 0 Å². The predicted octanol–water partition coefficient (Wildman–Crippen LogP) is 2.90. The van der Waals surface area contributed by atoms with Gasteiger partial charge < -0.3 is 15.3 Å². The van der Waals surface area contributed by atoms with Gasteiger partial charge in [-0.05, 0) is 42.9 Å². The molecule has 1 saturated heterocycles. The zero-order valence-corrected chi connectivity index (χ0v) is 14.8. The van der Waals surface area contributed by atoms with Crippen LogP contribution in [0.25, 0.3) is 0 Å². The van der Waals surface area contributed by atoms with Crippen LogP contribution in [0, 0.1) is 11.8 Å². The number of carbonyl (C=O) groups is 2. The van der Waals surface area contributed by atoms with Crippen LogP contribution in [0.2, 0.25) is 0 Å². The standard InChI is InChI=1S/C19H28N2O3/c1-4-17(22)20-16-7-5-6-15(12-16)19(24)21-10-8-14(9-11-21)18(23)13(2)3/h5-7,12-14,18,23H,4,8-11H2,1-3H3,(H,20,22)/t18-/m1/s1. The summed E-state index contributed by atoms with van der Waals surface area (Å²) in [5.41, 5.74) is 1.24. The summed E-state index contributed by atoms with van der Waals surface area (Å²) in [4.78, 5) is 26.0. The highest BCUT2D eigenvalue weighted by Gasteiger charge is 2.29. The van der Waals surface area contributed by atoms with Crippen molar-refractivity contribution in [2.24, 2.45) is 11.8 Å². The molecule has 2 amide bonds. The van der Waals surface area contributed by atoms with Gasteiger partial charge in [-0.15, -0.1) is 0 Å². The lowest BCUT2D eigenvalue weighted by molar-refractivity contribution is -0.115. The molecular formula is C19H28N2O3. The molecule has 1 aromatic carbocycles. The lowest BCUT2D eigenvalue weighted by Gasteiger charge is -2.35. The number of nitrogens with zero attached hydrogens (tertiary/aromatic N) is 1. The molecule has 0 spiro atoms. The summed E-state index contributed by atoms with van der Waals surface area (Å²) in [6.07, 6.45) is 1.77. The third kappa shape index (κ3) is 4.57. The van der Waals surface area contributed by atoms with Crippen molar-refractivity contribution in [2.45, 2.75) is 46.1 Å². The van der Waals surface area contributed by atoms with Crippen molar-refractivity contribution in [2.75, 3.05) is 18.4 Å². The molecule has 132 valence electrons. The molecule has 1 fully saturated rings. The normalized spacial score (nSPS) is 17.0. The lowest BCUT2D eigenvalue weighted by Crippen LogP contribution is -2.42. The molecule has 1 atom stereocenters. The molecule has 1 aliphatic rings. The molecular weight excluding hydrogens is 304 g/mol. The van der Waals surface area contributed by atoms with E-state index in [2.05, 4.69) is 5.32 Å². The summed E-state index contributed by atoms with van der Waals surface area (Å²) in [6, 6.07) is 7.08. The molecule has 1 heterocycles. The first-order valence-electron chi connectivity index (χ1n) is 8.79. The van der Waals surface area contributed by atoms with Gasteiger partial charge in [0.2, 0.25) is 5.91 Å². The molecule has 0 saturated carbocycles. The molecule has 5 nitrogen and oxygen atoms in total. The van der Waals surface area contributed by atoms with Crippen molar-refractivity contribution < 1.29 is 14.7 Å². The second-order valence-electron chi connectivity index (χ2n) is 6.85. The zero-order valence-electron chi connectivity index (χ0n) is 14.8. The van der Waals surface area contributed by atoms with E-state index in [1.54, 1.807) is 31.2 Å². The number of amides is 2. The van der Waals surface area contributed by atoms with Gasteiger partial charge in [-0.2, -0.15) is 0 Å². The fraction of sp³-hybridized carbons (Fsp3) is 0.579. The van der Waals surface area contributed by atoms with Crippen LogP contribution >= 0.6 is 0 Å². The number of rotatable bonds is 5. The minimum Gasteiger partial charge on any atom is -0.393 e. The molecule has 24 heavy (non-hydrogen) atoms. The number of aliphatic hydroxyl groups excluding tert-OH is 1. The van der Waals surface area contributed by atoms with E-state index in [4.69, 9.17) is 0 Å². The summed E-state index contributed by atoms with van der Waals surface area (Å²) < 4.78 is 0. The second-order valence-corrected chi connectivity index (χ2v) is 6.85. The fourth-order valence-corrected chi connectivity index (χ4v) is 3.15. The SMILES string of the molecule is CCC(=O)Nc1cccc(C(=O)N2CCC([C@H](O)C(C)C)CC2)c1. The van der Waals surface area contributed by atoms with Gasteiger partial charge in [-0.1, -0.05) is 26.8 Å². The van der Waals surface area contributed by atoms with Crippen molar-refractivity contribution in [3.63, 3.8) is 0 Å². The number of likely N-dealkylation sites (tertiary alicyclic amines) is 1. The fourth-order valence-electron chi connectivity index (χ4n) is 3.15. The number of carbonyl (C=O) groups excluding carboxylic acids is 2. The molecule has 5 heteroatoms. The summed E-state index contributed by atoms with van der Waals surface area (Å²) in [5.74, 6) is 0.434. The maximum atomic E-state index is 12.7. The Kier molecular flexibility index (Phi) is 6.37. The maximum Gasteiger partial charge on any atom is 0.253 e. The van der Waals surface area contributed by atoms with Crippen LogP contribution in [0.1, 0.15) is 50.4 Å². The van der Waals surface area contributed by atoms with Gasteiger partial charge in [-0.25, -0.2) is 0 Å². The van der Waals surface area contributed by atoms with E-state index in [9.17, 15) is 14.7 Å². The van der Waals surface area contributed by atoms with Crippen LogP contribution in [0.3, 0.4) is 0 Å². The van der Waals surface area contributed by atoms with Crippen molar-refractivity contribution in [1.82, 2.24) is 4.90 Å². The van der Waals surface area contributed by atoms with Gasteiger partial charge >= 0.3 is 0 Å². The first-order chi connectivity index (χ1) is 11.4. The summed E-state index contributed by atoms with van der Waals surface area (Å²) in [6.45, 7) is 7.17. The van der Waals surface area contributed by atoms with Crippen LogP contribution in [-0.2, 0) is 4.79 Å². The third-order valence-corrected chi connectivity index (χ3v) is 4.71. The minimum atomic E-state index is -0.296. The third-order valence-electron chi connectivity index (χ3n) is 4.71. The molecule has 2 rings (SSSR count). The molecule has 2 N–H and O–H groups in total. The van der Waals surface area contributed by atoms with E-state index < -0.39 is 0 Å². The molecule has 0 aromatic heterocycles. The Hall–Kier alpha value is -1.88. The lowest BCUT2D eigenvalue weighted by atomic mass is 9.85. The highest BCUT2D eigenvalue weighted by atomic mass is 16.3. The smallest absolute Gasteiger partial charge is 0.253 e. The maximum absolute atomic E-state index is 12.7. The molecule has 0 bridgehead atoms. The van der Waals surface area contributed by atoms with Gasteiger partial charge in [0.1, 0.15) is 0 Å². The monoisotopic (exact) mass is 332 g/mol. The van der Waals surface area contributed by atoms with E-state index in [1.807, 2.05) is 18.7 Å². The summed E-state index contributed by atoms with van der Waals surface area (Å²) in [5, 5.41) is 13.0. The Labute approximate surface area is 144 Å². The van der Waals surface area contributed by atoms with Gasteiger partial charge in [0.15, 0.2) is 0 Å². The number of benzene rings is 1. The summed E-state index contributed by atoms with van der Waals surface area (Å²) >= 11 is 0. The minimum absolute atomic E-state index is 0.0138. The van der Waals surface area contributed by atoms with Crippen LogP contribution in [-0.4, -0.2) is 41.0 Å². The average Bonchev–Trinajstić information content (AvgIpc) is 2.60. The number of nitrogens with one attached hydrogen (secondary N) is 1. The first kappa shape index (κ1) is 18.5. The molecule has 0 aliphatic carbocycles. The van der Waals surface area contributed by atoms with Gasteiger partial charge in [0.25, 0.3) is 5.91 Å². The number of hydrogen-bond acceptors (Lipinski definition) is 3. The quantitative estimate of drug-likeness (QED) is 0.871. The van der Waals surface area contributed by atoms with Gasteiger partial charge in [0, 0.05) is 30.8 Å². The Morgan fingerprint density at radius 3 is 2.54 bits per heavy atom. The number of piperidine rings is 1. The van der Waals surface area contributed by atoms with Gasteiger partial charge in [0.05, 0.1) is 6.10 Å². The van der Waals surface area contributed by atoms with Crippen molar-refractivity contribution in [1.29, 1.82) is 0 Å². The number of anilines is 1. The first-order valence-corrected chi connectivity index (χ1v) is 8.79. The highest BCUT2D eigenvalue weighted by Crippen LogP contribution is 2.26. The van der Waals surface area contributed by atoms with Crippen molar-refractivity contribution in [3.05, 3.63) is 29.8 Å². The molecule has 0 unspecified atom stereocenters. The van der Waals surface area contributed by atoms with E-state index in [0.29, 0.717) is 30.8 Å². The molecule has 1 aliphatic heterocycles. The van der Waals surface area contributed by atoms with E-state index >= 15 is 0 Å². The number of aliphatic hydroxyl groups is 1. The Morgan fingerprint density at radius 1 is 1.29 bits per heavy atom. The molecule has 0 radical (unpaired) electrons. The Bertz CT molecular complexity index is 578. The average molecular weight is 332 g/mol. The highest BCUT2D eigenvalue weighted by molar-refractivity contribution is 5.97. The topological polar surface area (TPSA) is 69.6 Å². The number of hydrogen-bond donors (Lipinski definition) is 2. The van der Waals surface area contributed by atoms with Crippen LogP contribution in [0.5, 0.6) is 0 Å². The van der Waals surface area contributed by atoms with Crippen LogP contribution < -0.4 is 5.32 Å². The summed E-state index contributed by atoms with van der Waals surface area (Å²) in [7, 11) is 0. The van der Waals surface area contributed by atoms with Crippen LogP contribution in [0.15, 0.2) is 24.3 Å². The second kappa shape index (κ2) is 8.29. The molecule has 1 aromatic rings. The van der Waals surface area contributed by atoms with E-state index in [0.717, 1.165) is 12.8 Å². The Balaban J connectivity index is 1.98. The van der Waals surface area contributed by atoms with Crippen molar-refractivity contribution in [3.8, 4) is 0 Å².